The van der Waals surface area contributed by atoms with E-state index in [0.717, 1.165) is 72.4 Å². The molecule has 12 heteroatoms. The molecule has 2 saturated heterocycles. The number of rotatable bonds is 5. The number of nitrogens with zero attached hydrogens (tertiary/aromatic N) is 5. The molecule has 3 aliphatic heterocycles. The van der Waals surface area contributed by atoms with Crippen molar-refractivity contribution in [1.82, 2.24) is 24.6 Å². The number of benzene rings is 1. The molecule has 0 bridgehead atoms. The van der Waals surface area contributed by atoms with E-state index in [1.54, 1.807) is 15.6 Å². The molecule has 1 aromatic carbocycles. The van der Waals surface area contributed by atoms with Crippen LogP contribution in [0.15, 0.2) is 24.3 Å². The fourth-order valence-corrected chi connectivity index (χ4v) is 6.83. The van der Waals surface area contributed by atoms with E-state index in [-0.39, 0.29) is 0 Å². The van der Waals surface area contributed by atoms with Crippen molar-refractivity contribution in [2.45, 2.75) is 13.1 Å². The second kappa shape index (κ2) is 9.26. The van der Waals surface area contributed by atoms with Crippen molar-refractivity contribution in [1.29, 1.82) is 0 Å². The molecular formula is C23H29N7O3S2. The van der Waals surface area contributed by atoms with E-state index in [9.17, 15) is 8.42 Å². The maximum Gasteiger partial charge on any atom is 0.211 e. The lowest BCUT2D eigenvalue weighted by Gasteiger charge is -2.32. The number of aromatic nitrogens is 2. The minimum absolute atomic E-state index is 0.536. The first-order valence-electron chi connectivity index (χ1n) is 11.9. The van der Waals surface area contributed by atoms with Crippen molar-refractivity contribution in [3.63, 3.8) is 0 Å². The van der Waals surface area contributed by atoms with Crippen LogP contribution >= 0.6 is 11.3 Å². The second-order valence-corrected chi connectivity index (χ2v) is 12.2. The highest BCUT2D eigenvalue weighted by atomic mass is 32.2. The van der Waals surface area contributed by atoms with Crippen molar-refractivity contribution in [3.05, 3.63) is 34.7 Å². The number of hydrogen-bond donors (Lipinski definition) is 2. The van der Waals surface area contributed by atoms with Crippen molar-refractivity contribution < 1.29 is 13.2 Å². The number of piperazine rings is 1. The molecule has 0 unspecified atom stereocenters. The quantitative estimate of drug-likeness (QED) is 0.526. The molecule has 3 aliphatic rings. The first-order valence-corrected chi connectivity index (χ1v) is 14.5. The van der Waals surface area contributed by atoms with Gasteiger partial charge in [-0.25, -0.2) is 23.8 Å². The van der Waals surface area contributed by atoms with Crippen LogP contribution in [-0.4, -0.2) is 86.3 Å². The summed E-state index contributed by atoms with van der Waals surface area (Å²) in [5, 5.41) is 1.08. The van der Waals surface area contributed by atoms with E-state index in [0.29, 0.717) is 26.3 Å². The number of sulfonamides is 1. The Morgan fingerprint density at radius 1 is 1.09 bits per heavy atom. The molecule has 2 fully saturated rings. The van der Waals surface area contributed by atoms with Crippen LogP contribution in [0.1, 0.15) is 10.4 Å². The fraction of sp³-hybridized carbons (Fsp3) is 0.478. The Balaban J connectivity index is 1.34. The minimum Gasteiger partial charge on any atom is -0.378 e. The third-order valence-electron chi connectivity index (χ3n) is 6.82. The SMILES string of the molecule is CS(=O)(=O)N1CCN(Cc2cc3c(N4CCOCC4)nc(-c4cccc5c4CNN5)nc3s2)CC1. The Morgan fingerprint density at radius 2 is 1.89 bits per heavy atom. The Bertz CT molecular complexity index is 1350. The van der Waals surface area contributed by atoms with Crippen LogP contribution in [0.3, 0.4) is 0 Å². The summed E-state index contributed by atoms with van der Waals surface area (Å²) >= 11 is 1.70. The molecule has 5 heterocycles. The van der Waals surface area contributed by atoms with Gasteiger partial charge in [-0.1, -0.05) is 12.1 Å². The number of nitrogens with one attached hydrogen (secondary N) is 2. The molecule has 35 heavy (non-hydrogen) atoms. The monoisotopic (exact) mass is 515 g/mol. The molecule has 10 nitrogen and oxygen atoms in total. The van der Waals surface area contributed by atoms with Crippen LogP contribution in [0, 0.1) is 0 Å². The number of ether oxygens (including phenoxy) is 1. The zero-order chi connectivity index (χ0) is 24.0. The number of thiophene rings is 1. The molecular weight excluding hydrogens is 486 g/mol. The molecule has 0 aliphatic carbocycles. The van der Waals surface area contributed by atoms with Crippen LogP contribution in [0.2, 0.25) is 0 Å². The third-order valence-corrected chi connectivity index (χ3v) is 9.14. The fourth-order valence-electron chi connectivity index (χ4n) is 4.94. The van der Waals surface area contributed by atoms with Gasteiger partial charge in [0.05, 0.1) is 30.5 Å². The summed E-state index contributed by atoms with van der Waals surface area (Å²) in [5.74, 6) is 1.71. The topological polar surface area (TPSA) is 103 Å². The maximum absolute atomic E-state index is 11.8. The smallest absolute Gasteiger partial charge is 0.211 e. The Morgan fingerprint density at radius 3 is 2.66 bits per heavy atom. The van der Waals surface area contributed by atoms with Gasteiger partial charge >= 0.3 is 0 Å². The average molecular weight is 516 g/mol. The molecule has 0 atom stereocenters. The highest BCUT2D eigenvalue weighted by molar-refractivity contribution is 7.88. The number of hydrogen-bond acceptors (Lipinski definition) is 10. The van der Waals surface area contributed by atoms with Gasteiger partial charge in [-0.05, 0) is 12.1 Å². The first kappa shape index (κ1) is 23.1. The molecule has 0 radical (unpaired) electrons. The lowest BCUT2D eigenvalue weighted by molar-refractivity contribution is 0.122. The normalized spacial score (nSPS) is 19.7. The van der Waals surface area contributed by atoms with Gasteiger partial charge in [0, 0.05) is 68.4 Å². The Labute approximate surface area is 208 Å². The van der Waals surface area contributed by atoms with E-state index < -0.39 is 10.0 Å². The molecule has 2 N–H and O–H groups in total. The van der Waals surface area contributed by atoms with Gasteiger partial charge in [0.25, 0.3) is 0 Å². The van der Waals surface area contributed by atoms with E-state index in [1.807, 2.05) is 6.07 Å². The van der Waals surface area contributed by atoms with Gasteiger partial charge in [-0.2, -0.15) is 4.31 Å². The van der Waals surface area contributed by atoms with E-state index in [2.05, 4.69) is 38.9 Å². The zero-order valence-electron chi connectivity index (χ0n) is 19.7. The number of morpholine rings is 1. The Hall–Kier alpha value is -2.35. The average Bonchev–Trinajstić information content (AvgIpc) is 3.50. The van der Waals surface area contributed by atoms with E-state index in [4.69, 9.17) is 14.7 Å². The molecule has 6 rings (SSSR count). The summed E-state index contributed by atoms with van der Waals surface area (Å²) in [6, 6.07) is 8.41. The second-order valence-electron chi connectivity index (χ2n) is 9.15. The van der Waals surface area contributed by atoms with Crippen LogP contribution in [0.4, 0.5) is 11.5 Å². The highest BCUT2D eigenvalue weighted by Crippen LogP contribution is 2.36. The van der Waals surface area contributed by atoms with Crippen LogP contribution < -0.4 is 15.8 Å². The molecule has 3 aromatic rings. The van der Waals surface area contributed by atoms with Crippen LogP contribution in [0.25, 0.3) is 21.6 Å². The first-order chi connectivity index (χ1) is 17.0. The maximum atomic E-state index is 11.8. The molecule has 0 spiro atoms. The molecule has 0 amide bonds. The van der Waals surface area contributed by atoms with Crippen molar-refractivity contribution in [3.8, 4) is 11.4 Å². The molecule has 0 saturated carbocycles. The summed E-state index contributed by atoms with van der Waals surface area (Å²) in [5.41, 5.74) is 9.70. The summed E-state index contributed by atoms with van der Waals surface area (Å²) in [4.78, 5) is 16.9. The number of fused-ring (bicyclic) bond motifs is 2. The zero-order valence-corrected chi connectivity index (χ0v) is 21.3. The van der Waals surface area contributed by atoms with Crippen LogP contribution in [-0.2, 0) is 27.8 Å². The van der Waals surface area contributed by atoms with Gasteiger partial charge in [0.2, 0.25) is 10.0 Å². The lowest BCUT2D eigenvalue weighted by Crippen LogP contribution is -2.47. The summed E-state index contributed by atoms with van der Waals surface area (Å²) < 4.78 is 30.9. The summed E-state index contributed by atoms with van der Waals surface area (Å²) in [6.07, 6.45) is 1.28. The van der Waals surface area contributed by atoms with Crippen molar-refractivity contribution >= 4 is 43.1 Å². The van der Waals surface area contributed by atoms with Gasteiger partial charge in [0.15, 0.2) is 5.82 Å². The number of anilines is 2. The summed E-state index contributed by atoms with van der Waals surface area (Å²) in [7, 11) is -3.13. The minimum atomic E-state index is -3.13. The molecule has 186 valence electrons. The van der Waals surface area contributed by atoms with Gasteiger partial charge < -0.3 is 15.1 Å². The van der Waals surface area contributed by atoms with Crippen LogP contribution in [0.5, 0.6) is 0 Å². The van der Waals surface area contributed by atoms with E-state index >= 15 is 0 Å². The van der Waals surface area contributed by atoms with Gasteiger partial charge in [-0.15, -0.1) is 11.3 Å². The molecule has 2 aromatic heterocycles. The Kier molecular flexibility index (Phi) is 6.11. The number of hydrazine groups is 1. The standard InChI is InChI=1S/C23H29N7O3S2/c1-35(31,32)30-7-5-28(6-8-30)15-16-13-18-22(29-9-11-33-12-10-29)25-21(26-23(18)34-16)17-3-2-4-20-19(17)14-24-27-20/h2-4,13,24,27H,5-12,14-15H2,1H3. The predicted octanol–water partition coefficient (Wildman–Crippen LogP) is 1.70. The largest absolute Gasteiger partial charge is 0.378 e. The van der Waals surface area contributed by atoms with Gasteiger partial charge in [0.1, 0.15) is 10.6 Å². The van der Waals surface area contributed by atoms with Crippen molar-refractivity contribution in [2.24, 2.45) is 0 Å². The van der Waals surface area contributed by atoms with Crippen molar-refractivity contribution in [2.75, 3.05) is 69.1 Å². The van der Waals surface area contributed by atoms with E-state index in [1.165, 1.54) is 16.7 Å². The highest BCUT2D eigenvalue weighted by Gasteiger charge is 2.25. The summed E-state index contributed by atoms with van der Waals surface area (Å²) in [6.45, 7) is 7.03. The lowest BCUT2D eigenvalue weighted by atomic mass is 10.1. The van der Waals surface area contributed by atoms with Gasteiger partial charge in [-0.3, -0.25) is 4.90 Å². The predicted molar refractivity (Wildman–Crippen MR) is 138 cm³/mol. The third kappa shape index (κ3) is 4.61.